The zero-order chi connectivity index (χ0) is 17.1. The van der Waals surface area contributed by atoms with Gasteiger partial charge in [0.25, 0.3) is 5.91 Å². The molecule has 1 aromatic carbocycles. The average molecular weight is 359 g/mol. The first-order valence-electron chi connectivity index (χ1n) is 7.95. The lowest BCUT2D eigenvalue weighted by Crippen LogP contribution is -2.35. The summed E-state index contributed by atoms with van der Waals surface area (Å²) in [4.78, 5) is 15.4. The molecule has 0 aliphatic carbocycles. The summed E-state index contributed by atoms with van der Waals surface area (Å²) in [5, 5.41) is 5.23. The number of anilines is 1. The molecule has 2 aromatic rings. The van der Waals surface area contributed by atoms with Crippen molar-refractivity contribution in [3.05, 3.63) is 40.8 Å². The summed E-state index contributed by atoms with van der Waals surface area (Å²) in [7, 11) is 0. The number of ether oxygens (including phenoxy) is 3. The molecule has 1 N–H and O–H groups in total. The van der Waals surface area contributed by atoms with Crippen LogP contribution >= 0.6 is 11.3 Å². The van der Waals surface area contributed by atoms with E-state index in [4.69, 9.17) is 14.2 Å². The normalized spacial score (nSPS) is 16.4. The fourth-order valence-corrected chi connectivity index (χ4v) is 3.55. The Morgan fingerprint density at radius 1 is 1.16 bits per heavy atom. The molecule has 2 aliphatic heterocycles. The molecule has 1 fully saturated rings. The van der Waals surface area contributed by atoms with E-state index in [1.165, 1.54) is 5.00 Å². The third-order valence-electron chi connectivity index (χ3n) is 3.93. The van der Waals surface area contributed by atoms with Gasteiger partial charge in [0.1, 0.15) is 0 Å². The fraction of sp³-hybridized carbons (Fsp3) is 0.294. The average Bonchev–Trinajstić information content (AvgIpc) is 3.31. The van der Waals surface area contributed by atoms with Gasteiger partial charge in [-0.05, 0) is 30.3 Å². The second kappa shape index (κ2) is 7.12. The number of hydrogen-bond acceptors (Lipinski definition) is 7. The maximum Gasteiger partial charge on any atom is 0.271 e. The van der Waals surface area contributed by atoms with Crippen LogP contribution in [0.15, 0.2) is 35.4 Å². The van der Waals surface area contributed by atoms with Crippen molar-refractivity contribution in [3.8, 4) is 11.5 Å². The molecule has 1 saturated heterocycles. The highest BCUT2D eigenvalue weighted by molar-refractivity contribution is 7.17. The molecule has 0 atom stereocenters. The number of nitrogens with zero attached hydrogens (tertiary/aromatic N) is 2. The minimum absolute atomic E-state index is 0.183. The number of amides is 1. The van der Waals surface area contributed by atoms with Crippen molar-refractivity contribution in [3.63, 3.8) is 0 Å². The number of rotatable bonds is 4. The predicted molar refractivity (Wildman–Crippen MR) is 95.0 cm³/mol. The lowest BCUT2D eigenvalue weighted by atomic mass is 10.2. The summed E-state index contributed by atoms with van der Waals surface area (Å²) in [6, 6.07) is 9.10. The highest BCUT2D eigenvalue weighted by Crippen LogP contribution is 2.32. The summed E-state index contributed by atoms with van der Waals surface area (Å²) in [5.41, 5.74) is 3.01. The molecule has 130 valence electrons. The third-order valence-corrected chi connectivity index (χ3v) is 5.01. The summed E-state index contributed by atoms with van der Waals surface area (Å²) in [6.07, 6.45) is 1.65. The number of hydrazone groups is 1. The van der Waals surface area contributed by atoms with E-state index in [9.17, 15) is 4.79 Å². The highest BCUT2D eigenvalue weighted by atomic mass is 32.1. The smallest absolute Gasteiger partial charge is 0.271 e. The van der Waals surface area contributed by atoms with Gasteiger partial charge in [0.05, 0.1) is 24.4 Å². The Morgan fingerprint density at radius 3 is 2.88 bits per heavy atom. The van der Waals surface area contributed by atoms with Gasteiger partial charge in [-0.1, -0.05) is 0 Å². The molecule has 0 saturated carbocycles. The summed E-state index contributed by atoms with van der Waals surface area (Å²) in [6.45, 7) is 3.50. The van der Waals surface area contributed by atoms with Crippen molar-refractivity contribution >= 4 is 28.5 Å². The van der Waals surface area contributed by atoms with E-state index in [2.05, 4.69) is 21.5 Å². The van der Waals surface area contributed by atoms with E-state index < -0.39 is 0 Å². The molecule has 0 radical (unpaired) electrons. The molecule has 0 unspecified atom stereocenters. The van der Waals surface area contributed by atoms with Crippen LogP contribution in [0.5, 0.6) is 11.5 Å². The van der Waals surface area contributed by atoms with Crippen LogP contribution < -0.4 is 19.8 Å². The maximum atomic E-state index is 12.1. The number of carbonyl (C=O) groups is 1. The molecule has 1 amide bonds. The Labute approximate surface area is 148 Å². The quantitative estimate of drug-likeness (QED) is 0.668. The molecule has 4 rings (SSSR count). The number of thiophene rings is 1. The van der Waals surface area contributed by atoms with Crippen LogP contribution in [0.25, 0.3) is 0 Å². The van der Waals surface area contributed by atoms with Crippen molar-refractivity contribution in [1.29, 1.82) is 0 Å². The molecule has 1 aromatic heterocycles. The van der Waals surface area contributed by atoms with Crippen LogP contribution in [-0.2, 0) is 4.74 Å². The van der Waals surface area contributed by atoms with Gasteiger partial charge in [0.15, 0.2) is 11.5 Å². The minimum atomic E-state index is -0.292. The predicted octanol–water partition coefficient (Wildman–Crippen LogP) is 2.08. The van der Waals surface area contributed by atoms with E-state index in [0.717, 1.165) is 31.2 Å². The number of carbonyl (C=O) groups excluding carboxylic acids is 1. The Morgan fingerprint density at radius 2 is 2.00 bits per heavy atom. The minimum Gasteiger partial charge on any atom is -0.454 e. The van der Waals surface area contributed by atoms with Crippen LogP contribution in [0.1, 0.15) is 15.2 Å². The molecular weight excluding hydrogens is 342 g/mol. The van der Waals surface area contributed by atoms with Gasteiger partial charge in [-0.25, -0.2) is 5.43 Å². The standard InChI is InChI=1S/C17H17N3O4S/c21-17(12-1-3-14-15(9-12)24-11-23-14)19-18-10-13-2-4-16(25-13)20-5-7-22-8-6-20/h1-4,9-10H,5-8,11H2,(H,19,21)/b18-10+. The lowest BCUT2D eigenvalue weighted by Gasteiger charge is -2.27. The molecule has 0 bridgehead atoms. The van der Waals surface area contributed by atoms with E-state index in [-0.39, 0.29) is 12.7 Å². The summed E-state index contributed by atoms with van der Waals surface area (Å²) in [5.74, 6) is 0.929. The van der Waals surface area contributed by atoms with Gasteiger partial charge < -0.3 is 19.1 Å². The maximum absolute atomic E-state index is 12.1. The van der Waals surface area contributed by atoms with Gasteiger partial charge in [-0.15, -0.1) is 11.3 Å². The van der Waals surface area contributed by atoms with E-state index >= 15 is 0 Å². The van der Waals surface area contributed by atoms with E-state index in [1.54, 1.807) is 35.8 Å². The van der Waals surface area contributed by atoms with Crippen molar-refractivity contribution in [1.82, 2.24) is 5.43 Å². The molecule has 0 spiro atoms. The molecule has 8 heteroatoms. The monoisotopic (exact) mass is 359 g/mol. The number of nitrogens with one attached hydrogen (secondary N) is 1. The Kier molecular flexibility index (Phi) is 4.53. The summed E-state index contributed by atoms with van der Waals surface area (Å²) >= 11 is 1.64. The topological polar surface area (TPSA) is 72.4 Å². The second-order valence-corrected chi connectivity index (χ2v) is 6.64. The van der Waals surface area contributed by atoms with Crippen molar-refractivity contribution in [2.75, 3.05) is 38.0 Å². The number of hydrogen-bond donors (Lipinski definition) is 1. The largest absolute Gasteiger partial charge is 0.454 e. The van der Waals surface area contributed by atoms with Crippen LogP contribution in [0.4, 0.5) is 5.00 Å². The van der Waals surface area contributed by atoms with Crippen LogP contribution in [0, 0.1) is 0 Å². The van der Waals surface area contributed by atoms with Crippen molar-refractivity contribution in [2.24, 2.45) is 5.10 Å². The van der Waals surface area contributed by atoms with E-state index in [0.29, 0.717) is 17.1 Å². The van der Waals surface area contributed by atoms with Gasteiger partial charge in [-0.2, -0.15) is 5.10 Å². The van der Waals surface area contributed by atoms with Gasteiger partial charge in [0.2, 0.25) is 6.79 Å². The summed E-state index contributed by atoms with van der Waals surface area (Å²) < 4.78 is 15.9. The number of benzene rings is 1. The first-order valence-corrected chi connectivity index (χ1v) is 8.77. The molecule has 7 nitrogen and oxygen atoms in total. The lowest BCUT2D eigenvalue weighted by molar-refractivity contribution is 0.0954. The highest BCUT2D eigenvalue weighted by Gasteiger charge is 2.16. The Hall–Kier alpha value is -2.58. The third kappa shape index (κ3) is 3.59. The first kappa shape index (κ1) is 15.9. The molecule has 25 heavy (non-hydrogen) atoms. The fourth-order valence-electron chi connectivity index (χ4n) is 2.62. The zero-order valence-corrected chi connectivity index (χ0v) is 14.3. The van der Waals surface area contributed by atoms with Crippen LogP contribution in [-0.4, -0.2) is 45.2 Å². The van der Waals surface area contributed by atoms with Crippen LogP contribution in [0.3, 0.4) is 0 Å². The number of morpholine rings is 1. The number of fused-ring (bicyclic) bond motifs is 1. The second-order valence-electron chi connectivity index (χ2n) is 5.54. The Bertz CT molecular complexity index is 799. The SMILES string of the molecule is O=C(N/N=C/c1ccc(N2CCOCC2)s1)c1ccc2c(c1)OCO2. The zero-order valence-electron chi connectivity index (χ0n) is 13.4. The molecule has 3 heterocycles. The Balaban J connectivity index is 1.36. The van der Waals surface area contributed by atoms with Crippen molar-refractivity contribution in [2.45, 2.75) is 0 Å². The molecule has 2 aliphatic rings. The first-order chi connectivity index (χ1) is 12.3. The molecular formula is C17H17N3O4S. The van der Waals surface area contributed by atoms with Crippen molar-refractivity contribution < 1.29 is 19.0 Å². The van der Waals surface area contributed by atoms with E-state index in [1.807, 2.05) is 6.07 Å². The van der Waals surface area contributed by atoms with Gasteiger partial charge >= 0.3 is 0 Å². The van der Waals surface area contributed by atoms with Gasteiger partial charge in [0, 0.05) is 23.5 Å². The van der Waals surface area contributed by atoms with Crippen LogP contribution in [0.2, 0.25) is 0 Å². The van der Waals surface area contributed by atoms with Gasteiger partial charge in [-0.3, -0.25) is 4.79 Å².